The molecule has 0 bridgehead atoms. The molecule has 0 fully saturated rings. The number of halogens is 1. The molecule has 0 atom stereocenters. The van der Waals surface area contributed by atoms with E-state index in [0.29, 0.717) is 22.3 Å². The zero-order chi connectivity index (χ0) is 15.2. The second kappa shape index (κ2) is 7.05. The zero-order valence-electron chi connectivity index (χ0n) is 10.8. The maximum Gasteiger partial charge on any atom is 0.269 e. The van der Waals surface area contributed by atoms with E-state index in [1.165, 1.54) is 23.5 Å². The summed E-state index contributed by atoms with van der Waals surface area (Å²) in [4.78, 5) is 22.4. The van der Waals surface area contributed by atoms with Crippen LogP contribution in [0.3, 0.4) is 0 Å². The predicted octanol–water partition coefficient (Wildman–Crippen LogP) is 3.15. The van der Waals surface area contributed by atoms with Gasteiger partial charge in [0.05, 0.1) is 14.1 Å². The summed E-state index contributed by atoms with van der Waals surface area (Å²) in [7, 11) is 0. The lowest BCUT2D eigenvalue weighted by Crippen LogP contribution is -2.28. The van der Waals surface area contributed by atoms with Crippen LogP contribution in [0, 0.1) is 10.1 Å². The number of anilines is 1. The second-order valence-electron chi connectivity index (χ2n) is 4.09. The van der Waals surface area contributed by atoms with Crippen LogP contribution in [0.25, 0.3) is 0 Å². The van der Waals surface area contributed by atoms with Gasteiger partial charge in [0.15, 0.2) is 0 Å². The molecule has 0 radical (unpaired) electrons. The van der Waals surface area contributed by atoms with Crippen LogP contribution in [0.5, 0.6) is 0 Å². The number of amides is 1. The molecule has 1 heterocycles. The van der Waals surface area contributed by atoms with Gasteiger partial charge >= 0.3 is 0 Å². The Morgan fingerprint density at radius 1 is 1.19 bits per heavy atom. The molecule has 0 unspecified atom stereocenters. The van der Waals surface area contributed by atoms with Crippen molar-refractivity contribution in [3.8, 4) is 0 Å². The molecule has 110 valence electrons. The minimum atomic E-state index is -0.448. The minimum Gasteiger partial charge on any atom is -0.383 e. The Balaban J connectivity index is 1.74. The van der Waals surface area contributed by atoms with Gasteiger partial charge in [-0.15, -0.1) is 11.3 Å². The highest BCUT2D eigenvalue weighted by atomic mass is 35.5. The number of thiophene rings is 1. The zero-order valence-corrected chi connectivity index (χ0v) is 12.4. The number of hydrogen-bond acceptors (Lipinski definition) is 5. The van der Waals surface area contributed by atoms with Crippen LogP contribution in [0.2, 0.25) is 4.34 Å². The molecular weight excluding hydrogens is 314 g/mol. The Labute approximate surface area is 129 Å². The van der Waals surface area contributed by atoms with E-state index in [2.05, 4.69) is 10.6 Å². The summed E-state index contributed by atoms with van der Waals surface area (Å²) in [5.41, 5.74) is 0.803. The summed E-state index contributed by atoms with van der Waals surface area (Å²) in [5, 5.41) is 16.3. The van der Waals surface area contributed by atoms with Crippen LogP contribution in [0.4, 0.5) is 11.4 Å². The van der Waals surface area contributed by atoms with Crippen LogP contribution in [-0.4, -0.2) is 23.9 Å². The van der Waals surface area contributed by atoms with Gasteiger partial charge in [0.1, 0.15) is 0 Å². The monoisotopic (exact) mass is 325 g/mol. The third kappa shape index (κ3) is 4.44. The molecule has 0 aliphatic carbocycles. The number of non-ortho nitro benzene ring substituents is 1. The molecule has 2 rings (SSSR count). The fraction of sp³-hybridized carbons (Fsp3) is 0.154. The molecule has 2 N–H and O–H groups in total. The number of carbonyl (C=O) groups excluding carboxylic acids is 1. The largest absolute Gasteiger partial charge is 0.383 e. The average Bonchev–Trinajstić information content (AvgIpc) is 2.90. The van der Waals surface area contributed by atoms with Crippen molar-refractivity contribution in [1.82, 2.24) is 5.32 Å². The quantitative estimate of drug-likeness (QED) is 0.485. The highest BCUT2D eigenvalue weighted by molar-refractivity contribution is 7.17. The standard InChI is InChI=1S/C13H12ClN3O3S/c14-12-6-5-11(21-12)13(18)16-8-7-15-9-1-3-10(4-2-9)17(19)20/h1-6,15H,7-8H2,(H,16,18). The van der Waals surface area contributed by atoms with Crippen molar-refractivity contribution in [2.24, 2.45) is 0 Å². The first-order valence-electron chi connectivity index (χ1n) is 6.08. The highest BCUT2D eigenvalue weighted by Crippen LogP contribution is 2.21. The maximum atomic E-state index is 11.7. The molecule has 0 saturated heterocycles. The number of nitrogens with one attached hydrogen (secondary N) is 2. The summed E-state index contributed by atoms with van der Waals surface area (Å²) >= 11 is 6.98. The second-order valence-corrected chi connectivity index (χ2v) is 5.81. The van der Waals surface area contributed by atoms with E-state index >= 15 is 0 Å². The van der Waals surface area contributed by atoms with Gasteiger partial charge in [0.2, 0.25) is 0 Å². The van der Waals surface area contributed by atoms with E-state index in [-0.39, 0.29) is 11.6 Å². The number of nitro benzene ring substituents is 1. The summed E-state index contributed by atoms with van der Waals surface area (Å²) in [6, 6.07) is 9.45. The van der Waals surface area contributed by atoms with Gasteiger partial charge in [-0.2, -0.15) is 0 Å². The van der Waals surface area contributed by atoms with Crippen molar-refractivity contribution in [3.63, 3.8) is 0 Å². The normalized spacial score (nSPS) is 10.1. The number of nitrogens with zero attached hydrogens (tertiary/aromatic N) is 1. The smallest absolute Gasteiger partial charge is 0.269 e. The van der Waals surface area contributed by atoms with Crippen LogP contribution in [0.1, 0.15) is 9.67 Å². The molecule has 0 aliphatic heterocycles. The topological polar surface area (TPSA) is 84.3 Å². The maximum absolute atomic E-state index is 11.7. The molecule has 1 aromatic carbocycles. The molecule has 1 aromatic heterocycles. The van der Waals surface area contributed by atoms with E-state index in [9.17, 15) is 14.9 Å². The van der Waals surface area contributed by atoms with Crippen molar-refractivity contribution < 1.29 is 9.72 Å². The van der Waals surface area contributed by atoms with Gasteiger partial charge in [0, 0.05) is 30.9 Å². The number of nitro groups is 1. The number of hydrogen-bond donors (Lipinski definition) is 2. The van der Waals surface area contributed by atoms with Crippen LogP contribution < -0.4 is 10.6 Å². The molecular formula is C13H12ClN3O3S. The lowest BCUT2D eigenvalue weighted by Gasteiger charge is -2.07. The molecule has 8 heteroatoms. The SMILES string of the molecule is O=C(NCCNc1ccc([N+](=O)[O-])cc1)c1ccc(Cl)s1. The fourth-order valence-electron chi connectivity index (χ4n) is 1.61. The van der Waals surface area contributed by atoms with Gasteiger partial charge in [-0.3, -0.25) is 14.9 Å². The van der Waals surface area contributed by atoms with Crippen LogP contribution in [0.15, 0.2) is 36.4 Å². The molecule has 1 amide bonds. The van der Waals surface area contributed by atoms with Gasteiger partial charge in [-0.25, -0.2) is 0 Å². The average molecular weight is 326 g/mol. The molecule has 0 spiro atoms. The van der Waals surface area contributed by atoms with Crippen molar-refractivity contribution in [3.05, 3.63) is 55.7 Å². The molecule has 0 aliphatic rings. The summed E-state index contributed by atoms with van der Waals surface area (Å²) < 4.78 is 0.573. The Bertz CT molecular complexity index is 642. The Kier molecular flexibility index (Phi) is 5.13. The molecule has 21 heavy (non-hydrogen) atoms. The molecule has 0 saturated carbocycles. The first-order valence-corrected chi connectivity index (χ1v) is 7.27. The Morgan fingerprint density at radius 2 is 1.90 bits per heavy atom. The van der Waals surface area contributed by atoms with Gasteiger partial charge in [0.25, 0.3) is 11.6 Å². The van der Waals surface area contributed by atoms with Gasteiger partial charge < -0.3 is 10.6 Å². The van der Waals surface area contributed by atoms with E-state index in [1.807, 2.05) is 0 Å². The summed E-state index contributed by atoms with van der Waals surface area (Å²) in [6.07, 6.45) is 0. The fourth-order valence-corrected chi connectivity index (χ4v) is 2.57. The lowest BCUT2D eigenvalue weighted by atomic mass is 10.3. The summed E-state index contributed by atoms with van der Waals surface area (Å²) in [6.45, 7) is 0.952. The van der Waals surface area contributed by atoms with Crippen molar-refractivity contribution >= 4 is 40.2 Å². The number of rotatable bonds is 6. The Morgan fingerprint density at radius 3 is 2.48 bits per heavy atom. The van der Waals surface area contributed by atoms with Crippen molar-refractivity contribution in [1.29, 1.82) is 0 Å². The van der Waals surface area contributed by atoms with Crippen LogP contribution >= 0.6 is 22.9 Å². The van der Waals surface area contributed by atoms with Gasteiger partial charge in [-0.05, 0) is 24.3 Å². The first kappa shape index (κ1) is 15.3. The third-order valence-electron chi connectivity index (χ3n) is 2.61. The minimum absolute atomic E-state index is 0.0448. The van der Waals surface area contributed by atoms with E-state index in [1.54, 1.807) is 24.3 Å². The third-order valence-corrected chi connectivity index (χ3v) is 3.84. The number of carbonyl (C=O) groups is 1. The van der Waals surface area contributed by atoms with E-state index in [4.69, 9.17) is 11.6 Å². The van der Waals surface area contributed by atoms with Crippen molar-refractivity contribution in [2.45, 2.75) is 0 Å². The highest BCUT2D eigenvalue weighted by Gasteiger charge is 2.07. The summed E-state index contributed by atoms with van der Waals surface area (Å²) in [5.74, 6) is -0.169. The first-order chi connectivity index (χ1) is 10.1. The predicted molar refractivity (Wildman–Crippen MR) is 83.2 cm³/mol. The van der Waals surface area contributed by atoms with Crippen LogP contribution in [-0.2, 0) is 0 Å². The Hall–Kier alpha value is -2.12. The molecule has 6 nitrogen and oxygen atoms in total. The molecule has 2 aromatic rings. The van der Waals surface area contributed by atoms with E-state index < -0.39 is 4.92 Å². The van der Waals surface area contributed by atoms with Gasteiger partial charge in [-0.1, -0.05) is 11.6 Å². The number of benzene rings is 1. The van der Waals surface area contributed by atoms with Crippen molar-refractivity contribution in [2.75, 3.05) is 18.4 Å². The van der Waals surface area contributed by atoms with E-state index in [0.717, 1.165) is 5.69 Å². The lowest BCUT2D eigenvalue weighted by molar-refractivity contribution is -0.384.